The fraction of sp³-hybridized carbons (Fsp3) is 0.500. The Kier molecular flexibility index (Phi) is 4.11. The SMILES string of the molecule is CC(N)C1CCCN(c2cc(Cl)ccc2C#N)C1. The van der Waals surface area contributed by atoms with E-state index in [1.54, 1.807) is 12.1 Å². The van der Waals surface area contributed by atoms with Crippen molar-refractivity contribution >= 4 is 17.3 Å². The molecule has 0 amide bonds. The molecule has 1 aromatic carbocycles. The van der Waals surface area contributed by atoms with Gasteiger partial charge in [0.05, 0.1) is 11.3 Å². The molecule has 0 spiro atoms. The number of piperidine rings is 1. The molecule has 96 valence electrons. The van der Waals surface area contributed by atoms with E-state index in [-0.39, 0.29) is 6.04 Å². The minimum atomic E-state index is 0.192. The topological polar surface area (TPSA) is 53.0 Å². The van der Waals surface area contributed by atoms with Crippen LogP contribution in [0, 0.1) is 17.2 Å². The fourth-order valence-corrected chi connectivity index (χ4v) is 2.69. The van der Waals surface area contributed by atoms with Crippen LogP contribution in [-0.4, -0.2) is 19.1 Å². The van der Waals surface area contributed by atoms with E-state index in [1.807, 2.05) is 6.07 Å². The highest BCUT2D eigenvalue weighted by molar-refractivity contribution is 6.30. The molecule has 0 aromatic heterocycles. The van der Waals surface area contributed by atoms with Crippen molar-refractivity contribution < 1.29 is 0 Å². The van der Waals surface area contributed by atoms with Crippen LogP contribution in [0.25, 0.3) is 0 Å². The van der Waals surface area contributed by atoms with Crippen molar-refractivity contribution in [1.29, 1.82) is 5.26 Å². The number of nitriles is 1. The van der Waals surface area contributed by atoms with Crippen molar-refractivity contribution in [3.05, 3.63) is 28.8 Å². The monoisotopic (exact) mass is 263 g/mol. The minimum absolute atomic E-state index is 0.192. The molecular formula is C14H18ClN3. The predicted octanol–water partition coefficient (Wildman–Crippen LogP) is 2.78. The van der Waals surface area contributed by atoms with Gasteiger partial charge in [-0.25, -0.2) is 0 Å². The molecule has 1 fully saturated rings. The number of nitrogens with zero attached hydrogens (tertiary/aromatic N) is 2. The summed E-state index contributed by atoms with van der Waals surface area (Å²) in [6, 6.07) is 7.85. The second kappa shape index (κ2) is 5.60. The van der Waals surface area contributed by atoms with Gasteiger partial charge in [0.15, 0.2) is 0 Å². The Hall–Kier alpha value is -1.24. The quantitative estimate of drug-likeness (QED) is 0.893. The summed E-state index contributed by atoms with van der Waals surface area (Å²) < 4.78 is 0. The second-order valence-corrected chi connectivity index (χ2v) is 5.42. The van der Waals surface area contributed by atoms with Gasteiger partial charge in [0.2, 0.25) is 0 Å². The lowest BCUT2D eigenvalue weighted by Crippen LogP contribution is -2.42. The van der Waals surface area contributed by atoms with Gasteiger partial charge in [0.1, 0.15) is 6.07 Å². The molecule has 1 saturated heterocycles. The maximum absolute atomic E-state index is 9.17. The van der Waals surface area contributed by atoms with Gasteiger partial charge in [-0.2, -0.15) is 5.26 Å². The Morgan fingerprint density at radius 3 is 3.00 bits per heavy atom. The molecule has 4 heteroatoms. The summed E-state index contributed by atoms with van der Waals surface area (Å²) in [6.45, 7) is 3.93. The zero-order chi connectivity index (χ0) is 13.1. The summed E-state index contributed by atoms with van der Waals surface area (Å²) in [5, 5.41) is 9.84. The Balaban J connectivity index is 2.25. The van der Waals surface area contributed by atoms with Crippen LogP contribution in [0.4, 0.5) is 5.69 Å². The van der Waals surface area contributed by atoms with Crippen molar-refractivity contribution in [2.24, 2.45) is 11.7 Å². The molecule has 0 aliphatic carbocycles. The van der Waals surface area contributed by atoms with Crippen LogP contribution in [-0.2, 0) is 0 Å². The van der Waals surface area contributed by atoms with Crippen LogP contribution >= 0.6 is 11.6 Å². The van der Waals surface area contributed by atoms with Gasteiger partial charge in [0.25, 0.3) is 0 Å². The summed E-state index contributed by atoms with van der Waals surface area (Å²) in [7, 11) is 0. The number of halogens is 1. The van der Waals surface area contributed by atoms with Gasteiger partial charge < -0.3 is 10.6 Å². The van der Waals surface area contributed by atoms with Gasteiger partial charge in [-0.15, -0.1) is 0 Å². The summed E-state index contributed by atoms with van der Waals surface area (Å²) in [6.07, 6.45) is 2.28. The zero-order valence-corrected chi connectivity index (χ0v) is 11.3. The lowest BCUT2D eigenvalue weighted by Gasteiger charge is -2.36. The average Bonchev–Trinajstić information content (AvgIpc) is 2.39. The molecule has 1 aromatic rings. The summed E-state index contributed by atoms with van der Waals surface area (Å²) in [4.78, 5) is 2.24. The summed E-state index contributed by atoms with van der Waals surface area (Å²) in [5.41, 5.74) is 7.62. The predicted molar refractivity (Wildman–Crippen MR) is 74.8 cm³/mol. The van der Waals surface area contributed by atoms with Crippen LogP contribution in [0.5, 0.6) is 0 Å². The van der Waals surface area contributed by atoms with Crippen molar-refractivity contribution in [2.45, 2.75) is 25.8 Å². The number of benzene rings is 1. The molecule has 1 heterocycles. The number of rotatable bonds is 2. The van der Waals surface area contributed by atoms with Crippen LogP contribution < -0.4 is 10.6 Å². The molecule has 2 N–H and O–H groups in total. The molecule has 2 atom stereocenters. The van der Waals surface area contributed by atoms with Crippen molar-refractivity contribution in [3.8, 4) is 6.07 Å². The molecular weight excluding hydrogens is 246 g/mol. The number of hydrogen-bond donors (Lipinski definition) is 1. The summed E-state index contributed by atoms with van der Waals surface area (Å²) >= 11 is 6.03. The highest BCUT2D eigenvalue weighted by Gasteiger charge is 2.24. The first kappa shape index (κ1) is 13.2. The van der Waals surface area contributed by atoms with Crippen molar-refractivity contribution in [3.63, 3.8) is 0 Å². The Labute approximate surface area is 113 Å². The van der Waals surface area contributed by atoms with Gasteiger partial charge in [-0.05, 0) is 43.9 Å². The maximum atomic E-state index is 9.17. The largest absolute Gasteiger partial charge is 0.370 e. The van der Waals surface area contributed by atoms with Crippen molar-refractivity contribution in [2.75, 3.05) is 18.0 Å². The third-order valence-electron chi connectivity index (χ3n) is 3.62. The first-order valence-corrected chi connectivity index (χ1v) is 6.70. The maximum Gasteiger partial charge on any atom is 0.101 e. The molecule has 1 aliphatic heterocycles. The Morgan fingerprint density at radius 2 is 2.33 bits per heavy atom. The molecule has 0 radical (unpaired) electrons. The minimum Gasteiger partial charge on any atom is -0.370 e. The van der Waals surface area contributed by atoms with Gasteiger partial charge in [0, 0.05) is 24.2 Å². The van der Waals surface area contributed by atoms with Crippen LogP contribution in [0.2, 0.25) is 5.02 Å². The zero-order valence-electron chi connectivity index (χ0n) is 10.6. The number of nitrogens with two attached hydrogens (primary N) is 1. The summed E-state index contributed by atoms with van der Waals surface area (Å²) in [5.74, 6) is 0.490. The van der Waals surface area contributed by atoms with Crippen LogP contribution in [0.15, 0.2) is 18.2 Å². The highest BCUT2D eigenvalue weighted by atomic mass is 35.5. The molecule has 0 saturated carbocycles. The molecule has 3 nitrogen and oxygen atoms in total. The average molecular weight is 264 g/mol. The van der Waals surface area contributed by atoms with E-state index < -0.39 is 0 Å². The van der Waals surface area contributed by atoms with Gasteiger partial charge >= 0.3 is 0 Å². The number of anilines is 1. The molecule has 0 bridgehead atoms. The van der Waals surface area contributed by atoms with Crippen LogP contribution in [0.1, 0.15) is 25.3 Å². The van der Waals surface area contributed by atoms with Crippen molar-refractivity contribution in [1.82, 2.24) is 0 Å². The molecule has 1 aliphatic rings. The first-order chi connectivity index (χ1) is 8.61. The van der Waals surface area contributed by atoms with E-state index in [4.69, 9.17) is 17.3 Å². The lowest BCUT2D eigenvalue weighted by molar-refractivity contribution is 0.364. The van der Waals surface area contributed by atoms with E-state index in [9.17, 15) is 5.26 Å². The standard InChI is InChI=1S/C14H18ClN3/c1-10(17)12-3-2-6-18(9-12)14-7-13(15)5-4-11(14)8-16/h4-5,7,10,12H,2-3,6,9,17H2,1H3. The van der Waals surface area contributed by atoms with E-state index in [1.165, 1.54) is 0 Å². The fourth-order valence-electron chi connectivity index (χ4n) is 2.52. The number of hydrogen-bond acceptors (Lipinski definition) is 3. The van der Waals surface area contributed by atoms with Crippen LogP contribution in [0.3, 0.4) is 0 Å². The molecule has 18 heavy (non-hydrogen) atoms. The van der Waals surface area contributed by atoms with E-state index in [0.717, 1.165) is 31.6 Å². The third kappa shape index (κ3) is 2.77. The van der Waals surface area contributed by atoms with E-state index in [2.05, 4.69) is 17.9 Å². The lowest BCUT2D eigenvalue weighted by atomic mass is 9.91. The first-order valence-electron chi connectivity index (χ1n) is 6.32. The Bertz CT molecular complexity index is 465. The normalized spacial score (nSPS) is 21.4. The Morgan fingerprint density at radius 1 is 1.56 bits per heavy atom. The van der Waals surface area contributed by atoms with E-state index >= 15 is 0 Å². The molecule has 2 rings (SSSR count). The van der Waals surface area contributed by atoms with Gasteiger partial charge in [-0.3, -0.25) is 0 Å². The molecule has 2 unspecified atom stereocenters. The second-order valence-electron chi connectivity index (χ2n) is 4.98. The third-order valence-corrected chi connectivity index (χ3v) is 3.86. The van der Waals surface area contributed by atoms with E-state index in [0.29, 0.717) is 16.5 Å². The highest BCUT2D eigenvalue weighted by Crippen LogP contribution is 2.29. The smallest absolute Gasteiger partial charge is 0.101 e. The van der Waals surface area contributed by atoms with Gasteiger partial charge in [-0.1, -0.05) is 11.6 Å².